The number of halogens is 2. The normalized spacial score (nSPS) is 11.1. The van der Waals surface area contributed by atoms with Crippen LogP contribution in [0.15, 0.2) is 22.6 Å². The zero-order valence-electron chi connectivity index (χ0n) is 9.87. The van der Waals surface area contributed by atoms with E-state index in [1.54, 1.807) is 0 Å². The number of nitrogens with zero attached hydrogens (tertiary/aromatic N) is 2. The number of nitrogens with one attached hydrogen (secondary N) is 1. The van der Waals surface area contributed by atoms with Crippen molar-refractivity contribution in [3.8, 4) is 0 Å². The maximum atomic E-state index is 13.5. The molecule has 0 spiro atoms. The first kappa shape index (κ1) is 12.6. The molecule has 0 aliphatic rings. The summed E-state index contributed by atoms with van der Waals surface area (Å²) >= 11 is 1.39. The Morgan fingerprint density at radius 3 is 2.72 bits per heavy atom. The molecule has 0 radical (unpaired) electrons. The smallest absolute Gasteiger partial charge is 0.203 e. The summed E-state index contributed by atoms with van der Waals surface area (Å²) in [5, 5.41) is 6.30. The predicted octanol–water partition coefficient (Wildman–Crippen LogP) is 3.48. The van der Waals surface area contributed by atoms with Gasteiger partial charge in [0.1, 0.15) is 0 Å². The van der Waals surface area contributed by atoms with E-state index in [9.17, 15) is 8.78 Å². The van der Waals surface area contributed by atoms with Gasteiger partial charge in [0.15, 0.2) is 11.6 Å². The molecule has 0 aliphatic carbocycles. The van der Waals surface area contributed by atoms with Crippen LogP contribution in [-0.2, 0) is 0 Å². The van der Waals surface area contributed by atoms with E-state index < -0.39 is 11.6 Å². The van der Waals surface area contributed by atoms with Crippen molar-refractivity contribution in [1.29, 1.82) is 0 Å². The summed E-state index contributed by atoms with van der Waals surface area (Å²) in [6.07, 6.45) is 1.23. The lowest BCUT2D eigenvalue weighted by molar-refractivity contribution is 0.502. The number of anilines is 1. The molecule has 1 N–H and O–H groups in total. The number of aromatic nitrogens is 1. The Balaban J connectivity index is 2.12. The van der Waals surface area contributed by atoms with Crippen LogP contribution in [0.4, 0.5) is 13.9 Å². The minimum atomic E-state index is -0.893. The van der Waals surface area contributed by atoms with E-state index in [1.165, 1.54) is 36.6 Å². The molecule has 2 rings (SSSR count). The van der Waals surface area contributed by atoms with Gasteiger partial charge in [0.05, 0.1) is 11.9 Å². The second-order valence-electron chi connectivity index (χ2n) is 3.76. The van der Waals surface area contributed by atoms with E-state index in [-0.39, 0.29) is 11.1 Å². The van der Waals surface area contributed by atoms with Gasteiger partial charge in [-0.3, -0.25) is 5.43 Å². The number of hydrazone groups is 1. The highest BCUT2D eigenvalue weighted by molar-refractivity contribution is 7.13. The first-order chi connectivity index (χ1) is 8.58. The highest BCUT2D eigenvalue weighted by Crippen LogP contribution is 2.15. The zero-order chi connectivity index (χ0) is 13.1. The summed E-state index contributed by atoms with van der Waals surface area (Å²) < 4.78 is 26.8. The largest absolute Gasteiger partial charge is 0.253 e. The fraction of sp³-hybridized carbons (Fsp3) is 0.167. The predicted molar refractivity (Wildman–Crippen MR) is 69.2 cm³/mol. The van der Waals surface area contributed by atoms with Gasteiger partial charge in [0.2, 0.25) is 5.13 Å². The molecule has 94 valence electrons. The first-order valence-corrected chi connectivity index (χ1v) is 6.11. The van der Waals surface area contributed by atoms with Crippen molar-refractivity contribution in [2.45, 2.75) is 13.8 Å². The Morgan fingerprint density at radius 1 is 1.28 bits per heavy atom. The molecule has 0 atom stereocenters. The Bertz CT molecular complexity index is 593. The average molecular weight is 267 g/mol. The molecule has 6 heteroatoms. The van der Waals surface area contributed by atoms with Crippen LogP contribution in [0.3, 0.4) is 0 Å². The molecule has 0 amide bonds. The van der Waals surface area contributed by atoms with E-state index >= 15 is 0 Å². The number of thiazole rings is 1. The number of hydrogen-bond donors (Lipinski definition) is 1. The number of aryl methyl sites for hydroxylation is 2. The van der Waals surface area contributed by atoms with E-state index in [4.69, 9.17) is 0 Å². The standard InChI is InChI=1S/C12H11F2N3S/c1-7-3-4-9(11(14)10(7)13)5-15-17-12-16-8(2)6-18-12/h3-6H,1-2H3,(H,16,17). The van der Waals surface area contributed by atoms with Crippen molar-refractivity contribution >= 4 is 22.7 Å². The molecule has 0 saturated heterocycles. The molecule has 18 heavy (non-hydrogen) atoms. The van der Waals surface area contributed by atoms with Crippen LogP contribution in [0.2, 0.25) is 0 Å². The third-order valence-electron chi connectivity index (χ3n) is 2.29. The molecule has 0 aliphatic heterocycles. The summed E-state index contributed by atoms with van der Waals surface area (Å²) in [4.78, 5) is 4.12. The zero-order valence-corrected chi connectivity index (χ0v) is 10.7. The molecule has 3 nitrogen and oxygen atoms in total. The third kappa shape index (κ3) is 2.70. The molecule has 2 aromatic rings. The Kier molecular flexibility index (Phi) is 3.66. The van der Waals surface area contributed by atoms with Crippen molar-refractivity contribution in [3.63, 3.8) is 0 Å². The van der Waals surface area contributed by atoms with Crippen molar-refractivity contribution < 1.29 is 8.78 Å². The minimum Gasteiger partial charge on any atom is -0.253 e. The van der Waals surface area contributed by atoms with Crippen molar-refractivity contribution in [3.05, 3.63) is 46.0 Å². The van der Waals surface area contributed by atoms with E-state index in [2.05, 4.69) is 15.5 Å². The van der Waals surface area contributed by atoms with Gasteiger partial charge in [-0.25, -0.2) is 13.8 Å². The lowest BCUT2D eigenvalue weighted by atomic mass is 10.1. The summed E-state index contributed by atoms with van der Waals surface area (Å²) in [6.45, 7) is 3.37. The summed E-state index contributed by atoms with van der Waals surface area (Å²) in [6, 6.07) is 2.99. The van der Waals surface area contributed by atoms with Crippen LogP contribution in [0.5, 0.6) is 0 Å². The van der Waals surface area contributed by atoms with Gasteiger partial charge in [-0.05, 0) is 25.5 Å². The van der Waals surface area contributed by atoms with E-state index in [0.29, 0.717) is 5.13 Å². The van der Waals surface area contributed by atoms with Crippen LogP contribution in [0.1, 0.15) is 16.8 Å². The topological polar surface area (TPSA) is 37.3 Å². The molecule has 1 heterocycles. The molecule has 1 aromatic carbocycles. The monoisotopic (exact) mass is 267 g/mol. The second kappa shape index (κ2) is 5.22. The summed E-state index contributed by atoms with van der Waals surface area (Å²) in [5.41, 5.74) is 3.91. The highest BCUT2D eigenvalue weighted by Gasteiger charge is 2.08. The lowest BCUT2D eigenvalue weighted by Gasteiger charge is -2.01. The van der Waals surface area contributed by atoms with Gasteiger partial charge in [0.25, 0.3) is 0 Å². The first-order valence-electron chi connectivity index (χ1n) is 5.23. The number of rotatable bonds is 3. The SMILES string of the molecule is Cc1csc(NN=Cc2ccc(C)c(F)c2F)n1. The quantitative estimate of drug-likeness (QED) is 0.683. The molecular formula is C12H11F2N3S. The van der Waals surface area contributed by atoms with E-state index in [0.717, 1.165) is 5.69 Å². The molecule has 0 unspecified atom stereocenters. The van der Waals surface area contributed by atoms with Gasteiger partial charge in [-0.2, -0.15) is 5.10 Å². The lowest BCUT2D eigenvalue weighted by Crippen LogP contribution is -1.97. The molecule has 0 bridgehead atoms. The Morgan fingerprint density at radius 2 is 2.06 bits per heavy atom. The molecule has 0 saturated carbocycles. The fourth-order valence-corrected chi connectivity index (χ4v) is 1.96. The highest BCUT2D eigenvalue weighted by atomic mass is 32.1. The molecular weight excluding hydrogens is 256 g/mol. The third-order valence-corrected chi connectivity index (χ3v) is 3.15. The van der Waals surface area contributed by atoms with Gasteiger partial charge < -0.3 is 0 Å². The van der Waals surface area contributed by atoms with Gasteiger partial charge in [-0.15, -0.1) is 11.3 Å². The fourth-order valence-electron chi connectivity index (χ4n) is 1.32. The van der Waals surface area contributed by atoms with Gasteiger partial charge in [0, 0.05) is 10.9 Å². The van der Waals surface area contributed by atoms with Crippen molar-refractivity contribution in [2.75, 3.05) is 5.43 Å². The van der Waals surface area contributed by atoms with Crippen LogP contribution < -0.4 is 5.43 Å². The summed E-state index contributed by atoms with van der Waals surface area (Å²) in [7, 11) is 0. The van der Waals surface area contributed by atoms with Crippen LogP contribution in [0.25, 0.3) is 0 Å². The number of benzene rings is 1. The van der Waals surface area contributed by atoms with Crippen molar-refractivity contribution in [2.24, 2.45) is 5.10 Å². The number of hydrogen-bond acceptors (Lipinski definition) is 4. The Hall–Kier alpha value is -1.82. The second-order valence-corrected chi connectivity index (χ2v) is 4.62. The molecule has 1 aromatic heterocycles. The van der Waals surface area contributed by atoms with E-state index in [1.807, 2.05) is 12.3 Å². The van der Waals surface area contributed by atoms with Crippen LogP contribution in [0, 0.1) is 25.5 Å². The maximum Gasteiger partial charge on any atom is 0.203 e. The molecule has 0 fully saturated rings. The van der Waals surface area contributed by atoms with Gasteiger partial charge in [-0.1, -0.05) is 6.07 Å². The van der Waals surface area contributed by atoms with Crippen molar-refractivity contribution in [1.82, 2.24) is 4.98 Å². The average Bonchev–Trinajstić information content (AvgIpc) is 2.75. The van der Waals surface area contributed by atoms with Crippen LogP contribution >= 0.6 is 11.3 Å². The maximum absolute atomic E-state index is 13.5. The van der Waals surface area contributed by atoms with Gasteiger partial charge >= 0.3 is 0 Å². The summed E-state index contributed by atoms with van der Waals surface area (Å²) in [5.74, 6) is -1.74. The Labute approximate surface area is 107 Å². The minimum absolute atomic E-state index is 0.0962. The van der Waals surface area contributed by atoms with Crippen LogP contribution in [-0.4, -0.2) is 11.2 Å².